The van der Waals surface area contributed by atoms with Gasteiger partial charge in [-0.2, -0.15) is 0 Å². The Morgan fingerprint density at radius 2 is 0.657 bits per heavy atom. The number of rotatable bonds is 54. The molecule has 2 unspecified atom stereocenters. The maximum Gasteiger partial charge on any atom is 0.220 e. The summed E-state index contributed by atoms with van der Waals surface area (Å²) >= 11 is 0. The predicted molar refractivity (Wildman–Crippen MR) is 299 cm³/mol. The van der Waals surface area contributed by atoms with Gasteiger partial charge in [-0.05, 0) is 64.2 Å². The summed E-state index contributed by atoms with van der Waals surface area (Å²) in [6, 6.07) is -0.625. The van der Waals surface area contributed by atoms with Gasteiger partial charge in [-0.1, -0.05) is 305 Å². The van der Waals surface area contributed by atoms with Crippen LogP contribution in [0, 0.1) is 0 Å². The van der Waals surface area contributed by atoms with Gasteiger partial charge in [-0.15, -0.1) is 0 Å². The minimum absolute atomic E-state index is 0.0615. The molecule has 4 nitrogen and oxygen atoms in total. The molecule has 1 amide bonds. The first-order chi connectivity index (χ1) is 33.2. The van der Waals surface area contributed by atoms with Crippen molar-refractivity contribution < 1.29 is 15.0 Å². The fourth-order valence-corrected chi connectivity index (χ4v) is 8.97. The van der Waals surface area contributed by atoms with Crippen LogP contribution >= 0.6 is 0 Å². The standard InChI is InChI=1S/C63H115NO3/c1-3-5-7-9-11-13-15-17-19-21-23-25-27-28-29-30-31-32-33-34-35-36-37-39-41-43-45-47-49-51-53-55-57-59-63(67)64-61(60-65)62(66)58-56-54-52-50-48-46-44-42-40-38-26-24-22-20-18-16-14-12-10-8-6-4-2/h5,7,11,13,17,19,23,25,28-29,56,58,61-62,65-66H,3-4,6,8-10,12,14-16,18,20-22,24,26-27,30-55,57,59-60H2,1-2H3,(H,64,67)/b7-5-,13-11-,19-17-,25-23-,29-28-,58-56+. The molecule has 3 N–H and O–H groups in total. The number of carbonyl (C=O) groups is 1. The molecule has 0 aromatic carbocycles. The summed E-state index contributed by atoms with van der Waals surface area (Å²) in [6.45, 7) is 4.22. The number of aliphatic hydroxyl groups is 2. The van der Waals surface area contributed by atoms with E-state index in [4.69, 9.17) is 0 Å². The maximum atomic E-state index is 12.5. The van der Waals surface area contributed by atoms with Crippen molar-refractivity contribution in [3.05, 3.63) is 72.9 Å². The van der Waals surface area contributed by atoms with Crippen molar-refractivity contribution in [2.24, 2.45) is 0 Å². The van der Waals surface area contributed by atoms with Crippen molar-refractivity contribution in [3.8, 4) is 0 Å². The third-order valence-corrected chi connectivity index (χ3v) is 13.4. The van der Waals surface area contributed by atoms with Gasteiger partial charge in [0, 0.05) is 6.42 Å². The van der Waals surface area contributed by atoms with Crippen LogP contribution in [0.1, 0.15) is 303 Å². The van der Waals surface area contributed by atoms with Crippen LogP contribution in [-0.2, 0) is 4.79 Å². The number of nitrogens with one attached hydrogen (secondary N) is 1. The highest BCUT2D eigenvalue weighted by atomic mass is 16.3. The zero-order valence-corrected chi connectivity index (χ0v) is 44.9. The molecule has 0 spiro atoms. The molecular weight excluding hydrogens is 819 g/mol. The summed E-state index contributed by atoms with van der Waals surface area (Å²) in [6.07, 6.45) is 83.6. The van der Waals surface area contributed by atoms with Gasteiger partial charge in [0.05, 0.1) is 18.8 Å². The fourth-order valence-electron chi connectivity index (χ4n) is 8.97. The summed E-state index contributed by atoms with van der Waals surface area (Å²) in [5.74, 6) is -0.0615. The van der Waals surface area contributed by atoms with E-state index in [-0.39, 0.29) is 12.5 Å². The molecule has 0 aromatic heterocycles. The Hall–Kier alpha value is -2.17. The Kier molecular flexibility index (Phi) is 56.3. The van der Waals surface area contributed by atoms with E-state index in [9.17, 15) is 15.0 Å². The van der Waals surface area contributed by atoms with Crippen LogP contribution in [0.25, 0.3) is 0 Å². The zero-order chi connectivity index (χ0) is 48.5. The molecule has 0 heterocycles. The van der Waals surface area contributed by atoms with Gasteiger partial charge in [0.1, 0.15) is 0 Å². The topological polar surface area (TPSA) is 69.6 Å². The molecule has 67 heavy (non-hydrogen) atoms. The number of allylic oxidation sites excluding steroid dienone is 11. The van der Waals surface area contributed by atoms with Crippen LogP contribution in [0.15, 0.2) is 72.9 Å². The quantitative estimate of drug-likeness (QED) is 0.0420. The minimum Gasteiger partial charge on any atom is -0.394 e. The van der Waals surface area contributed by atoms with Crippen LogP contribution in [0.4, 0.5) is 0 Å². The first-order valence-electron chi connectivity index (χ1n) is 29.7. The van der Waals surface area contributed by atoms with Gasteiger partial charge >= 0.3 is 0 Å². The van der Waals surface area contributed by atoms with E-state index in [0.717, 1.165) is 57.8 Å². The number of hydrogen-bond donors (Lipinski definition) is 3. The van der Waals surface area contributed by atoms with Crippen molar-refractivity contribution in [2.75, 3.05) is 6.61 Å². The van der Waals surface area contributed by atoms with E-state index in [1.807, 2.05) is 6.08 Å². The Morgan fingerprint density at radius 1 is 0.373 bits per heavy atom. The van der Waals surface area contributed by atoms with Crippen LogP contribution in [0.2, 0.25) is 0 Å². The van der Waals surface area contributed by atoms with Crippen LogP contribution < -0.4 is 5.32 Å². The molecule has 0 rings (SSSR count). The van der Waals surface area contributed by atoms with E-state index in [2.05, 4.69) is 79.9 Å². The molecule has 0 aliphatic rings. The lowest BCUT2D eigenvalue weighted by molar-refractivity contribution is -0.123. The highest BCUT2D eigenvalue weighted by Crippen LogP contribution is 2.17. The van der Waals surface area contributed by atoms with Gasteiger partial charge < -0.3 is 15.5 Å². The predicted octanol–water partition coefficient (Wildman–Crippen LogP) is 19.8. The number of unbranched alkanes of at least 4 members (excludes halogenated alkanes) is 37. The van der Waals surface area contributed by atoms with Gasteiger partial charge in [0.15, 0.2) is 0 Å². The molecule has 0 aromatic rings. The van der Waals surface area contributed by atoms with Crippen LogP contribution in [0.5, 0.6) is 0 Å². The monoisotopic (exact) mass is 934 g/mol. The molecular formula is C63H115NO3. The number of hydrogen-bond acceptors (Lipinski definition) is 3. The maximum absolute atomic E-state index is 12.5. The highest BCUT2D eigenvalue weighted by molar-refractivity contribution is 5.76. The van der Waals surface area contributed by atoms with Gasteiger partial charge in [0.25, 0.3) is 0 Å². The van der Waals surface area contributed by atoms with E-state index in [1.54, 1.807) is 6.08 Å². The second kappa shape index (κ2) is 58.1. The smallest absolute Gasteiger partial charge is 0.220 e. The molecule has 0 aliphatic heterocycles. The van der Waals surface area contributed by atoms with Crippen molar-refractivity contribution in [1.29, 1.82) is 0 Å². The normalized spacial score (nSPS) is 13.3. The second-order valence-electron chi connectivity index (χ2n) is 20.0. The summed E-state index contributed by atoms with van der Waals surface area (Å²) in [5, 5.41) is 23.2. The average molecular weight is 935 g/mol. The van der Waals surface area contributed by atoms with Crippen LogP contribution in [-0.4, -0.2) is 34.9 Å². The molecule has 390 valence electrons. The van der Waals surface area contributed by atoms with E-state index < -0.39 is 12.1 Å². The largest absolute Gasteiger partial charge is 0.394 e. The van der Waals surface area contributed by atoms with E-state index >= 15 is 0 Å². The number of aliphatic hydroxyl groups excluding tert-OH is 2. The lowest BCUT2D eigenvalue weighted by atomic mass is 10.0. The minimum atomic E-state index is -0.842. The Bertz CT molecular complexity index is 1150. The molecule has 0 radical (unpaired) electrons. The molecule has 0 aliphatic carbocycles. The number of amides is 1. The first kappa shape index (κ1) is 64.8. The SMILES string of the molecule is CC/C=C\C/C=C\C/C=C\C/C=C\C/C=C\CCCCCCCCCCCCCCCCCCCC(=O)NC(CO)C(O)/C=C/CCCCCCCCCCCCCCCCCCCCCC. The van der Waals surface area contributed by atoms with E-state index in [0.29, 0.717) is 6.42 Å². The molecule has 0 saturated carbocycles. The number of carbonyl (C=O) groups excluding carboxylic acids is 1. The van der Waals surface area contributed by atoms with Crippen molar-refractivity contribution in [2.45, 2.75) is 315 Å². The third-order valence-electron chi connectivity index (χ3n) is 13.4. The van der Waals surface area contributed by atoms with Crippen molar-refractivity contribution in [3.63, 3.8) is 0 Å². The Labute approximate surface area is 419 Å². The molecule has 4 heteroatoms. The molecule has 0 bridgehead atoms. The Morgan fingerprint density at radius 3 is 0.985 bits per heavy atom. The van der Waals surface area contributed by atoms with Gasteiger partial charge in [0.2, 0.25) is 5.91 Å². The van der Waals surface area contributed by atoms with Crippen molar-refractivity contribution in [1.82, 2.24) is 5.32 Å². The third kappa shape index (κ3) is 54.6. The summed E-state index contributed by atoms with van der Waals surface area (Å²) < 4.78 is 0. The molecule has 0 fully saturated rings. The Balaban J connectivity index is 3.48. The van der Waals surface area contributed by atoms with Crippen molar-refractivity contribution >= 4 is 5.91 Å². The average Bonchev–Trinajstić information content (AvgIpc) is 3.33. The lowest BCUT2D eigenvalue weighted by Crippen LogP contribution is -2.45. The summed E-state index contributed by atoms with van der Waals surface area (Å²) in [4.78, 5) is 12.5. The fraction of sp³-hybridized carbons (Fsp3) is 0.794. The first-order valence-corrected chi connectivity index (χ1v) is 29.7. The van der Waals surface area contributed by atoms with E-state index in [1.165, 1.54) is 225 Å². The van der Waals surface area contributed by atoms with Gasteiger partial charge in [-0.25, -0.2) is 0 Å². The molecule has 2 atom stereocenters. The van der Waals surface area contributed by atoms with Crippen LogP contribution in [0.3, 0.4) is 0 Å². The van der Waals surface area contributed by atoms with Gasteiger partial charge in [-0.3, -0.25) is 4.79 Å². The molecule has 0 saturated heterocycles. The second-order valence-corrected chi connectivity index (χ2v) is 20.0. The summed E-state index contributed by atoms with van der Waals surface area (Å²) in [5.41, 5.74) is 0. The zero-order valence-electron chi connectivity index (χ0n) is 44.9. The summed E-state index contributed by atoms with van der Waals surface area (Å²) in [7, 11) is 0. The lowest BCUT2D eigenvalue weighted by Gasteiger charge is -2.20. The highest BCUT2D eigenvalue weighted by Gasteiger charge is 2.18.